The second kappa shape index (κ2) is 7.44. The molecular weight excluding hydrogens is 419 g/mol. The first-order chi connectivity index (χ1) is 15.3. The van der Waals surface area contributed by atoms with E-state index in [0.717, 1.165) is 28.6 Å². The van der Waals surface area contributed by atoms with Crippen LogP contribution in [-0.4, -0.2) is 37.1 Å². The van der Waals surface area contributed by atoms with E-state index >= 15 is 0 Å². The van der Waals surface area contributed by atoms with E-state index < -0.39 is 17.5 Å². The van der Waals surface area contributed by atoms with Crippen molar-refractivity contribution in [2.24, 2.45) is 7.05 Å². The second-order valence-corrected chi connectivity index (χ2v) is 7.81. The van der Waals surface area contributed by atoms with Crippen LogP contribution in [0, 0.1) is 17.5 Å². The van der Waals surface area contributed by atoms with Gasteiger partial charge in [0.1, 0.15) is 0 Å². The fraction of sp³-hybridized carbons (Fsp3) is 0.217. The number of aromatic nitrogens is 4. The molecule has 1 atom stereocenters. The molecule has 1 amide bonds. The number of fused-ring (bicyclic) bond motifs is 2. The molecule has 0 aliphatic carbocycles. The lowest BCUT2D eigenvalue weighted by Gasteiger charge is -2.33. The molecule has 0 saturated carbocycles. The van der Waals surface area contributed by atoms with Gasteiger partial charge in [-0.1, -0.05) is 0 Å². The summed E-state index contributed by atoms with van der Waals surface area (Å²) in [6, 6.07) is 5.09. The Morgan fingerprint density at radius 2 is 1.88 bits per heavy atom. The first-order valence-electron chi connectivity index (χ1n) is 10.1. The number of aryl methyl sites for hydroxylation is 1. The van der Waals surface area contributed by atoms with Crippen molar-refractivity contribution in [2.75, 3.05) is 6.54 Å². The Morgan fingerprint density at radius 3 is 2.62 bits per heavy atom. The van der Waals surface area contributed by atoms with Crippen LogP contribution >= 0.6 is 0 Å². The lowest BCUT2D eigenvalue weighted by Crippen LogP contribution is -2.39. The number of amides is 1. The van der Waals surface area contributed by atoms with Gasteiger partial charge >= 0.3 is 0 Å². The van der Waals surface area contributed by atoms with Crippen LogP contribution in [0.25, 0.3) is 22.2 Å². The summed E-state index contributed by atoms with van der Waals surface area (Å²) < 4.78 is 42.6. The molecule has 1 aliphatic rings. The van der Waals surface area contributed by atoms with Gasteiger partial charge in [0.25, 0.3) is 5.91 Å². The molecule has 0 radical (unpaired) electrons. The van der Waals surface area contributed by atoms with Crippen LogP contribution in [0.15, 0.2) is 42.9 Å². The molecule has 4 aromatic rings. The third-order valence-corrected chi connectivity index (χ3v) is 5.89. The average molecular weight is 437 g/mol. The third kappa shape index (κ3) is 3.12. The van der Waals surface area contributed by atoms with Gasteiger partial charge in [-0.05, 0) is 37.6 Å². The number of benzene rings is 1. The number of nitrogens with zero attached hydrogens (tertiary/aromatic N) is 5. The first-order valence-corrected chi connectivity index (χ1v) is 10.1. The zero-order chi connectivity index (χ0) is 22.6. The van der Waals surface area contributed by atoms with E-state index in [1.165, 1.54) is 4.68 Å². The molecule has 5 rings (SSSR count). The van der Waals surface area contributed by atoms with Crippen LogP contribution in [0.4, 0.5) is 13.2 Å². The summed E-state index contributed by atoms with van der Waals surface area (Å²) >= 11 is 0. The molecule has 0 N–H and O–H groups in total. The Hall–Kier alpha value is -3.75. The van der Waals surface area contributed by atoms with Crippen molar-refractivity contribution in [3.8, 4) is 11.3 Å². The average Bonchev–Trinajstić information content (AvgIpc) is 3.13. The molecule has 0 bridgehead atoms. The minimum atomic E-state index is -1.51. The van der Waals surface area contributed by atoms with Gasteiger partial charge < -0.3 is 4.90 Å². The summed E-state index contributed by atoms with van der Waals surface area (Å²) in [5.41, 5.74) is 3.34. The molecule has 0 spiro atoms. The monoisotopic (exact) mass is 437 g/mol. The van der Waals surface area contributed by atoms with E-state index in [1.807, 2.05) is 6.92 Å². The van der Waals surface area contributed by atoms with Crippen molar-refractivity contribution in [1.82, 2.24) is 24.6 Å². The van der Waals surface area contributed by atoms with E-state index in [0.29, 0.717) is 29.9 Å². The Kier molecular flexibility index (Phi) is 4.69. The zero-order valence-electron chi connectivity index (χ0n) is 17.3. The topological polar surface area (TPSA) is 63.9 Å². The summed E-state index contributed by atoms with van der Waals surface area (Å²) in [5, 5.41) is 5.29. The van der Waals surface area contributed by atoms with E-state index in [-0.39, 0.29) is 17.5 Å². The van der Waals surface area contributed by atoms with Gasteiger partial charge in [-0.3, -0.25) is 19.4 Å². The maximum Gasteiger partial charge on any atom is 0.256 e. The maximum absolute atomic E-state index is 13.8. The second-order valence-electron chi connectivity index (χ2n) is 7.81. The number of halogens is 3. The molecule has 0 unspecified atom stereocenters. The summed E-state index contributed by atoms with van der Waals surface area (Å²) in [4.78, 5) is 23.4. The normalized spacial score (nSPS) is 15.8. The molecule has 6 nitrogen and oxygen atoms in total. The van der Waals surface area contributed by atoms with Crippen molar-refractivity contribution >= 4 is 16.8 Å². The van der Waals surface area contributed by atoms with E-state index in [1.54, 1.807) is 42.7 Å². The number of carbonyl (C=O) groups is 1. The quantitative estimate of drug-likeness (QED) is 0.441. The van der Waals surface area contributed by atoms with Crippen LogP contribution in [0.1, 0.15) is 34.6 Å². The molecule has 4 heterocycles. The zero-order valence-corrected chi connectivity index (χ0v) is 17.3. The van der Waals surface area contributed by atoms with Crippen LogP contribution in [0.5, 0.6) is 0 Å². The lowest BCUT2D eigenvalue weighted by molar-refractivity contribution is 0.0673. The summed E-state index contributed by atoms with van der Waals surface area (Å²) in [6.45, 7) is 2.25. The molecule has 3 aromatic heterocycles. The Morgan fingerprint density at radius 1 is 1.12 bits per heavy atom. The fourth-order valence-electron chi connectivity index (χ4n) is 4.33. The minimum Gasteiger partial charge on any atom is -0.330 e. The number of hydrogen-bond donors (Lipinski definition) is 0. The SMILES string of the molecule is C[C@H]1c2nn(C)c(-c3cc(F)c(F)c(F)c3)c2CCN1C(=O)c1cnc2ccncc2c1. The van der Waals surface area contributed by atoms with Crippen LogP contribution in [0.3, 0.4) is 0 Å². The summed E-state index contributed by atoms with van der Waals surface area (Å²) in [6.07, 6.45) is 5.28. The van der Waals surface area contributed by atoms with Crippen molar-refractivity contribution in [1.29, 1.82) is 0 Å². The number of pyridine rings is 2. The van der Waals surface area contributed by atoms with Crippen LogP contribution < -0.4 is 0 Å². The lowest BCUT2D eigenvalue weighted by atomic mass is 9.95. The van der Waals surface area contributed by atoms with E-state index in [2.05, 4.69) is 15.1 Å². The van der Waals surface area contributed by atoms with Crippen molar-refractivity contribution in [3.05, 3.63) is 77.1 Å². The van der Waals surface area contributed by atoms with Gasteiger partial charge in [0, 0.05) is 48.7 Å². The highest BCUT2D eigenvalue weighted by Gasteiger charge is 2.33. The highest BCUT2D eigenvalue weighted by atomic mass is 19.2. The largest absolute Gasteiger partial charge is 0.330 e. The minimum absolute atomic E-state index is 0.188. The molecule has 9 heteroatoms. The summed E-state index contributed by atoms with van der Waals surface area (Å²) in [7, 11) is 1.66. The summed E-state index contributed by atoms with van der Waals surface area (Å²) in [5.74, 6) is -4.20. The Bertz CT molecular complexity index is 1360. The predicted octanol–water partition coefficient (Wildman–Crippen LogP) is 4.21. The van der Waals surface area contributed by atoms with E-state index in [4.69, 9.17) is 0 Å². The highest BCUT2D eigenvalue weighted by Crippen LogP contribution is 2.36. The number of carbonyl (C=O) groups excluding carboxylic acids is 1. The van der Waals surface area contributed by atoms with Crippen LogP contribution in [-0.2, 0) is 13.5 Å². The van der Waals surface area contributed by atoms with Gasteiger partial charge in [-0.25, -0.2) is 13.2 Å². The molecule has 0 fully saturated rings. The Balaban J connectivity index is 1.51. The van der Waals surface area contributed by atoms with Gasteiger partial charge in [0.05, 0.1) is 28.5 Å². The van der Waals surface area contributed by atoms with Gasteiger partial charge in [0.2, 0.25) is 0 Å². The molecule has 162 valence electrons. The van der Waals surface area contributed by atoms with Crippen LogP contribution in [0.2, 0.25) is 0 Å². The van der Waals surface area contributed by atoms with Gasteiger partial charge in [-0.2, -0.15) is 5.10 Å². The highest BCUT2D eigenvalue weighted by molar-refractivity contribution is 5.97. The molecule has 32 heavy (non-hydrogen) atoms. The van der Waals surface area contributed by atoms with Gasteiger partial charge in [-0.15, -0.1) is 0 Å². The number of hydrogen-bond acceptors (Lipinski definition) is 4. The predicted molar refractivity (Wildman–Crippen MR) is 111 cm³/mol. The maximum atomic E-state index is 13.8. The first kappa shape index (κ1) is 20.2. The van der Waals surface area contributed by atoms with Gasteiger partial charge in [0.15, 0.2) is 17.5 Å². The molecule has 1 aromatic carbocycles. The molecule has 0 saturated heterocycles. The Labute approximate surface area is 181 Å². The standard InChI is InChI=1S/C23H18F3N5O/c1-12-21-16(22(30(2)29-21)13-8-17(24)20(26)18(25)9-13)4-6-31(12)23(32)15-7-14-10-27-5-3-19(14)28-11-15/h3,5,7-12H,4,6H2,1-2H3/t12-/m0/s1. The third-order valence-electron chi connectivity index (χ3n) is 5.89. The molecular formula is C23H18F3N5O. The fourth-order valence-corrected chi connectivity index (χ4v) is 4.33. The van der Waals surface area contributed by atoms with Crippen molar-refractivity contribution < 1.29 is 18.0 Å². The smallest absolute Gasteiger partial charge is 0.256 e. The van der Waals surface area contributed by atoms with Crippen molar-refractivity contribution in [2.45, 2.75) is 19.4 Å². The van der Waals surface area contributed by atoms with E-state index in [9.17, 15) is 18.0 Å². The molecule has 1 aliphatic heterocycles. The van der Waals surface area contributed by atoms with Crippen molar-refractivity contribution in [3.63, 3.8) is 0 Å². The number of rotatable bonds is 2.